The normalized spacial score (nSPS) is 13.2. The molecule has 138 valence electrons. The topological polar surface area (TPSA) is 67.2 Å². The zero-order valence-electron chi connectivity index (χ0n) is 15.5. The number of amides is 2. The summed E-state index contributed by atoms with van der Waals surface area (Å²) in [5.74, 6) is 0.0458. The third-order valence-corrected chi connectivity index (χ3v) is 4.87. The lowest BCUT2D eigenvalue weighted by Crippen LogP contribution is -2.31. The molecule has 26 heavy (non-hydrogen) atoms. The number of rotatable bonds is 6. The van der Waals surface area contributed by atoms with E-state index in [1.165, 1.54) is 0 Å². The summed E-state index contributed by atoms with van der Waals surface area (Å²) in [6.07, 6.45) is 2.82. The van der Waals surface area contributed by atoms with E-state index in [1.807, 2.05) is 48.7 Å². The molecule has 1 aromatic heterocycles. The van der Waals surface area contributed by atoms with Crippen LogP contribution in [0, 0.1) is 0 Å². The van der Waals surface area contributed by atoms with Crippen LogP contribution in [-0.2, 0) is 19.5 Å². The lowest BCUT2D eigenvalue weighted by atomic mass is 10.1. The Labute approximate surface area is 154 Å². The Kier molecular flexibility index (Phi) is 5.71. The second-order valence-corrected chi connectivity index (χ2v) is 6.49. The van der Waals surface area contributed by atoms with Crippen LogP contribution in [0.2, 0.25) is 0 Å². The van der Waals surface area contributed by atoms with Gasteiger partial charge in [-0.15, -0.1) is 0 Å². The van der Waals surface area contributed by atoms with Gasteiger partial charge in [0.05, 0.1) is 5.69 Å². The maximum atomic E-state index is 12.8. The van der Waals surface area contributed by atoms with Crippen molar-refractivity contribution in [2.45, 2.75) is 46.2 Å². The first-order chi connectivity index (χ1) is 12.7. The molecule has 0 aliphatic carbocycles. The predicted molar refractivity (Wildman–Crippen MR) is 100 cm³/mol. The van der Waals surface area contributed by atoms with E-state index in [-0.39, 0.29) is 11.8 Å². The van der Waals surface area contributed by atoms with Crippen molar-refractivity contribution >= 4 is 11.8 Å². The quantitative estimate of drug-likeness (QED) is 0.867. The van der Waals surface area contributed by atoms with Crippen molar-refractivity contribution in [2.75, 3.05) is 13.1 Å². The van der Waals surface area contributed by atoms with Crippen molar-refractivity contribution in [1.29, 1.82) is 0 Å². The van der Waals surface area contributed by atoms with Crippen LogP contribution in [0.3, 0.4) is 0 Å². The summed E-state index contributed by atoms with van der Waals surface area (Å²) in [4.78, 5) is 31.8. The molecule has 0 bridgehead atoms. The van der Waals surface area contributed by atoms with Gasteiger partial charge < -0.3 is 14.8 Å². The van der Waals surface area contributed by atoms with Crippen LogP contribution in [-0.4, -0.2) is 39.4 Å². The van der Waals surface area contributed by atoms with E-state index in [1.54, 1.807) is 4.90 Å². The minimum atomic E-state index is -0.226. The second-order valence-electron chi connectivity index (χ2n) is 6.49. The number of fused-ring (bicyclic) bond motifs is 1. The highest BCUT2D eigenvalue weighted by Gasteiger charge is 2.29. The highest BCUT2D eigenvalue weighted by atomic mass is 16.2. The van der Waals surface area contributed by atoms with E-state index < -0.39 is 0 Å². The average molecular weight is 354 g/mol. The largest absolute Gasteiger partial charge is 0.345 e. The molecule has 2 aromatic rings. The molecule has 3 rings (SSSR count). The minimum absolute atomic E-state index is 0.0808. The highest BCUT2D eigenvalue weighted by Crippen LogP contribution is 2.22. The van der Waals surface area contributed by atoms with Crippen molar-refractivity contribution in [3.05, 3.63) is 53.1 Å². The van der Waals surface area contributed by atoms with Crippen molar-refractivity contribution in [1.82, 2.24) is 19.8 Å². The summed E-state index contributed by atoms with van der Waals surface area (Å²) >= 11 is 0. The number of aromatic nitrogens is 2. The summed E-state index contributed by atoms with van der Waals surface area (Å²) in [6.45, 7) is 6.37. The fourth-order valence-corrected chi connectivity index (χ4v) is 3.41. The maximum Gasteiger partial charge on any atom is 0.287 e. The van der Waals surface area contributed by atoms with Crippen molar-refractivity contribution < 1.29 is 9.59 Å². The van der Waals surface area contributed by atoms with Crippen LogP contribution in [0.1, 0.15) is 59.1 Å². The first kappa shape index (κ1) is 18.2. The van der Waals surface area contributed by atoms with Gasteiger partial charge in [-0.05, 0) is 38.7 Å². The maximum absolute atomic E-state index is 12.8. The van der Waals surface area contributed by atoms with Crippen LogP contribution >= 0.6 is 0 Å². The lowest BCUT2D eigenvalue weighted by Gasteiger charge is -2.20. The van der Waals surface area contributed by atoms with Gasteiger partial charge in [0.2, 0.25) is 0 Å². The fraction of sp³-hybridized carbons (Fsp3) is 0.450. The second kappa shape index (κ2) is 8.17. The summed E-state index contributed by atoms with van der Waals surface area (Å²) < 4.78 is 1.93. The van der Waals surface area contributed by atoms with Gasteiger partial charge in [0, 0.05) is 26.2 Å². The number of nitrogens with zero attached hydrogens (tertiary/aromatic N) is 3. The average Bonchev–Trinajstić information content (AvgIpc) is 3.07. The van der Waals surface area contributed by atoms with Crippen LogP contribution in [0.15, 0.2) is 30.3 Å². The molecule has 1 aliphatic rings. The number of benzene rings is 1. The molecule has 0 saturated heterocycles. The smallest absolute Gasteiger partial charge is 0.287 e. The van der Waals surface area contributed by atoms with Gasteiger partial charge in [0.15, 0.2) is 5.82 Å². The number of carbonyl (C=O) groups is 2. The van der Waals surface area contributed by atoms with E-state index in [4.69, 9.17) is 0 Å². The molecule has 0 unspecified atom stereocenters. The predicted octanol–water partition coefficient (Wildman–Crippen LogP) is 2.63. The molecule has 6 nitrogen and oxygen atoms in total. The lowest BCUT2D eigenvalue weighted by molar-refractivity contribution is 0.0766. The molecular weight excluding hydrogens is 328 g/mol. The number of nitrogens with one attached hydrogen (secondary N) is 1. The molecule has 0 fully saturated rings. The van der Waals surface area contributed by atoms with E-state index >= 15 is 0 Å². The third kappa shape index (κ3) is 3.64. The fourth-order valence-electron chi connectivity index (χ4n) is 3.41. The highest BCUT2D eigenvalue weighted by molar-refractivity contribution is 5.97. The Hall–Kier alpha value is -2.63. The van der Waals surface area contributed by atoms with Crippen LogP contribution in [0.5, 0.6) is 0 Å². The zero-order valence-corrected chi connectivity index (χ0v) is 15.5. The number of hydrogen-bond donors (Lipinski definition) is 1. The third-order valence-electron chi connectivity index (χ3n) is 4.87. The van der Waals surface area contributed by atoms with E-state index in [9.17, 15) is 9.59 Å². The Balaban J connectivity index is 1.85. The van der Waals surface area contributed by atoms with Crippen LogP contribution in [0.4, 0.5) is 0 Å². The van der Waals surface area contributed by atoms with Gasteiger partial charge in [0.25, 0.3) is 11.8 Å². The summed E-state index contributed by atoms with van der Waals surface area (Å²) in [5.41, 5.74) is 2.38. The van der Waals surface area contributed by atoms with Gasteiger partial charge in [-0.2, -0.15) is 0 Å². The molecule has 6 heteroatoms. The van der Waals surface area contributed by atoms with Gasteiger partial charge >= 0.3 is 0 Å². The SMILES string of the molecule is CCN(CC)C(=O)c1nc(C(=O)NCc2ccccc2)n2c1CCCC2. The molecule has 0 saturated carbocycles. The molecular formula is C20H26N4O2. The minimum Gasteiger partial charge on any atom is -0.345 e. The van der Waals surface area contributed by atoms with Crippen LogP contribution < -0.4 is 5.32 Å². The van der Waals surface area contributed by atoms with E-state index in [0.717, 1.165) is 37.1 Å². The number of imidazole rings is 1. The first-order valence-electron chi connectivity index (χ1n) is 9.36. The molecule has 0 radical (unpaired) electrons. The Morgan fingerprint density at radius 3 is 2.58 bits per heavy atom. The standard InChI is InChI=1S/C20H26N4O2/c1-3-23(4-2)20(26)17-16-12-8-9-13-24(16)18(22-17)19(25)21-14-15-10-6-5-7-11-15/h5-7,10-11H,3-4,8-9,12-14H2,1-2H3,(H,21,25). The van der Waals surface area contributed by atoms with Gasteiger partial charge in [0.1, 0.15) is 5.69 Å². The van der Waals surface area contributed by atoms with Crippen molar-refractivity contribution in [2.24, 2.45) is 0 Å². The first-order valence-corrected chi connectivity index (χ1v) is 9.36. The van der Waals surface area contributed by atoms with E-state index in [0.29, 0.717) is 31.2 Å². The van der Waals surface area contributed by atoms with Crippen molar-refractivity contribution in [3.8, 4) is 0 Å². The monoisotopic (exact) mass is 354 g/mol. The Morgan fingerprint density at radius 1 is 1.15 bits per heavy atom. The molecule has 0 spiro atoms. The molecule has 1 N–H and O–H groups in total. The number of hydrogen-bond acceptors (Lipinski definition) is 3. The molecule has 2 amide bonds. The Bertz CT molecular complexity index is 779. The summed E-state index contributed by atoms with van der Waals surface area (Å²) in [7, 11) is 0. The zero-order chi connectivity index (χ0) is 18.5. The summed E-state index contributed by atoms with van der Waals surface area (Å²) in [6, 6.07) is 9.77. The molecule has 1 aliphatic heterocycles. The Morgan fingerprint density at radius 2 is 1.88 bits per heavy atom. The van der Waals surface area contributed by atoms with Crippen LogP contribution in [0.25, 0.3) is 0 Å². The van der Waals surface area contributed by atoms with Gasteiger partial charge in [-0.25, -0.2) is 4.98 Å². The summed E-state index contributed by atoms with van der Waals surface area (Å²) in [5, 5.41) is 2.93. The van der Waals surface area contributed by atoms with Gasteiger partial charge in [-0.1, -0.05) is 30.3 Å². The molecule has 0 atom stereocenters. The van der Waals surface area contributed by atoms with E-state index in [2.05, 4.69) is 10.3 Å². The number of carbonyl (C=O) groups excluding carboxylic acids is 2. The molecule has 2 heterocycles. The molecule has 1 aromatic carbocycles. The van der Waals surface area contributed by atoms with Crippen molar-refractivity contribution in [3.63, 3.8) is 0 Å². The van der Waals surface area contributed by atoms with Gasteiger partial charge in [-0.3, -0.25) is 9.59 Å².